The van der Waals surface area contributed by atoms with Crippen LogP contribution in [-0.4, -0.2) is 38.3 Å². The molecule has 102 valence electrons. The lowest BCUT2D eigenvalue weighted by Gasteiger charge is -2.15. The van der Waals surface area contributed by atoms with Crippen LogP contribution in [0.5, 0.6) is 0 Å². The van der Waals surface area contributed by atoms with E-state index < -0.39 is 10.0 Å². The molecule has 2 unspecified atom stereocenters. The average molecular weight is 328 g/mol. The molecule has 4 nitrogen and oxygen atoms in total. The minimum absolute atomic E-state index is 0.0465. The Labute approximate surface area is 113 Å². The van der Waals surface area contributed by atoms with Crippen LogP contribution in [0.15, 0.2) is 0 Å². The summed E-state index contributed by atoms with van der Waals surface area (Å²) < 4.78 is 31.2. The number of halogens is 1. The number of hydrogen-bond donors (Lipinski definition) is 1. The second kappa shape index (κ2) is 7.07. The van der Waals surface area contributed by atoms with Gasteiger partial charge >= 0.3 is 0 Å². The van der Waals surface area contributed by atoms with E-state index in [-0.39, 0.29) is 18.5 Å². The first kappa shape index (κ1) is 15.4. The number of hydrogen-bond acceptors (Lipinski definition) is 3. The van der Waals surface area contributed by atoms with Crippen LogP contribution in [0, 0.1) is 5.92 Å². The Hall–Kier alpha value is 0.350. The fourth-order valence-electron chi connectivity index (χ4n) is 1.92. The molecule has 0 amide bonds. The van der Waals surface area contributed by atoms with Crippen LogP contribution in [0.3, 0.4) is 0 Å². The van der Waals surface area contributed by atoms with Gasteiger partial charge in [0.1, 0.15) is 0 Å². The van der Waals surface area contributed by atoms with Gasteiger partial charge in [-0.25, -0.2) is 13.1 Å². The van der Waals surface area contributed by atoms with Gasteiger partial charge in [0, 0.05) is 11.4 Å². The van der Waals surface area contributed by atoms with E-state index in [1.807, 2.05) is 13.8 Å². The van der Waals surface area contributed by atoms with E-state index >= 15 is 0 Å². The number of nitrogens with one attached hydrogen (secondary N) is 1. The lowest BCUT2D eigenvalue weighted by molar-refractivity contribution is 0.0911. The van der Waals surface area contributed by atoms with Crippen LogP contribution in [0.1, 0.15) is 33.1 Å². The van der Waals surface area contributed by atoms with Crippen molar-refractivity contribution < 1.29 is 13.2 Å². The molecule has 0 bridgehead atoms. The summed E-state index contributed by atoms with van der Waals surface area (Å²) >= 11 is 3.58. The highest BCUT2D eigenvalue weighted by atomic mass is 79.9. The second-order valence-corrected chi connectivity index (χ2v) is 7.90. The minimum Gasteiger partial charge on any atom is -0.378 e. The van der Waals surface area contributed by atoms with Crippen LogP contribution in [0.2, 0.25) is 0 Å². The summed E-state index contributed by atoms with van der Waals surface area (Å²) in [5, 5.41) is 0. The van der Waals surface area contributed by atoms with Crippen molar-refractivity contribution in [3.05, 3.63) is 0 Å². The smallest absolute Gasteiger partial charge is 0.213 e. The number of alkyl halides is 1. The van der Waals surface area contributed by atoms with Crippen LogP contribution in [0.4, 0.5) is 0 Å². The maximum absolute atomic E-state index is 11.7. The molecule has 0 heterocycles. The molecule has 0 aliphatic heterocycles. The van der Waals surface area contributed by atoms with E-state index in [1.165, 1.54) is 6.42 Å². The number of rotatable bonds is 7. The molecular weight excluding hydrogens is 306 g/mol. The Morgan fingerprint density at radius 3 is 2.65 bits per heavy atom. The molecule has 0 saturated heterocycles. The Bertz CT molecular complexity index is 319. The maximum atomic E-state index is 11.7. The highest BCUT2D eigenvalue weighted by Crippen LogP contribution is 2.30. The molecule has 1 aliphatic carbocycles. The Balaban J connectivity index is 2.24. The van der Waals surface area contributed by atoms with Crippen molar-refractivity contribution in [3.63, 3.8) is 0 Å². The van der Waals surface area contributed by atoms with E-state index in [2.05, 4.69) is 20.7 Å². The fraction of sp³-hybridized carbons (Fsp3) is 1.00. The third-order valence-electron chi connectivity index (χ3n) is 2.94. The van der Waals surface area contributed by atoms with Gasteiger partial charge in [0.25, 0.3) is 0 Å². The van der Waals surface area contributed by atoms with Crippen LogP contribution < -0.4 is 4.72 Å². The first-order valence-corrected chi connectivity index (χ1v) is 8.70. The van der Waals surface area contributed by atoms with E-state index in [9.17, 15) is 8.42 Å². The van der Waals surface area contributed by atoms with Crippen molar-refractivity contribution in [1.82, 2.24) is 4.72 Å². The summed E-state index contributed by atoms with van der Waals surface area (Å²) in [6.45, 7) is 4.59. The van der Waals surface area contributed by atoms with E-state index in [0.717, 1.165) is 12.8 Å². The molecule has 1 saturated carbocycles. The second-order valence-electron chi connectivity index (χ2n) is 4.79. The van der Waals surface area contributed by atoms with Gasteiger partial charge in [-0.1, -0.05) is 22.4 Å². The lowest BCUT2D eigenvalue weighted by Crippen LogP contribution is -2.34. The zero-order valence-corrected chi connectivity index (χ0v) is 12.9. The van der Waals surface area contributed by atoms with Crippen molar-refractivity contribution in [1.29, 1.82) is 0 Å². The first-order chi connectivity index (χ1) is 7.91. The number of ether oxygens (including phenoxy) is 1. The summed E-state index contributed by atoms with van der Waals surface area (Å²) in [5.74, 6) is 0.473. The van der Waals surface area contributed by atoms with Gasteiger partial charge in [-0.05, 0) is 32.6 Å². The molecule has 0 aromatic carbocycles. The highest BCUT2D eigenvalue weighted by Gasteiger charge is 2.25. The Kier molecular flexibility index (Phi) is 6.40. The molecule has 2 atom stereocenters. The van der Waals surface area contributed by atoms with Gasteiger partial charge in [0.05, 0.1) is 18.5 Å². The zero-order chi connectivity index (χ0) is 12.9. The maximum Gasteiger partial charge on any atom is 0.213 e. The molecule has 1 rings (SSSR count). The first-order valence-electron chi connectivity index (χ1n) is 6.14. The van der Waals surface area contributed by atoms with Gasteiger partial charge < -0.3 is 4.74 Å². The summed E-state index contributed by atoms with van der Waals surface area (Å²) in [6.07, 6.45) is 3.50. The van der Waals surface area contributed by atoms with Gasteiger partial charge in [-0.3, -0.25) is 0 Å². The Morgan fingerprint density at radius 1 is 1.41 bits per heavy atom. The molecule has 0 spiro atoms. The van der Waals surface area contributed by atoms with Crippen molar-refractivity contribution in [2.45, 2.75) is 44.0 Å². The summed E-state index contributed by atoms with van der Waals surface area (Å²) in [7, 11) is -3.18. The van der Waals surface area contributed by atoms with Crippen molar-refractivity contribution in [2.24, 2.45) is 5.92 Å². The minimum atomic E-state index is -3.18. The van der Waals surface area contributed by atoms with Crippen LogP contribution in [-0.2, 0) is 14.8 Å². The molecule has 6 heteroatoms. The van der Waals surface area contributed by atoms with Crippen LogP contribution in [0.25, 0.3) is 0 Å². The normalized spacial score (nSPS) is 25.6. The lowest BCUT2D eigenvalue weighted by atomic mass is 10.1. The molecule has 0 aromatic heterocycles. The van der Waals surface area contributed by atoms with Gasteiger partial charge in [-0.15, -0.1) is 0 Å². The third-order valence-corrected chi connectivity index (χ3v) is 5.45. The molecule has 1 aliphatic rings. The third kappa shape index (κ3) is 6.18. The van der Waals surface area contributed by atoms with E-state index in [0.29, 0.717) is 17.3 Å². The zero-order valence-electron chi connectivity index (χ0n) is 10.5. The SMILES string of the molecule is CC(C)OCCS(=O)(=O)NCC1CCCC1Br. The highest BCUT2D eigenvalue weighted by molar-refractivity contribution is 9.09. The standard InChI is InChI=1S/C11H22BrNO3S/c1-9(2)16-6-7-17(14,15)13-8-10-4-3-5-11(10)12/h9-11,13H,3-8H2,1-2H3. The van der Waals surface area contributed by atoms with E-state index in [4.69, 9.17) is 4.74 Å². The summed E-state index contributed by atoms with van der Waals surface area (Å²) in [6, 6.07) is 0. The van der Waals surface area contributed by atoms with Crippen molar-refractivity contribution in [2.75, 3.05) is 18.9 Å². The number of sulfonamides is 1. The molecular formula is C11H22BrNO3S. The molecule has 1 fully saturated rings. The van der Waals surface area contributed by atoms with Crippen molar-refractivity contribution >= 4 is 26.0 Å². The van der Waals surface area contributed by atoms with E-state index in [1.54, 1.807) is 0 Å². The Morgan fingerprint density at radius 2 is 2.12 bits per heavy atom. The summed E-state index contributed by atoms with van der Waals surface area (Å²) in [5.41, 5.74) is 0. The van der Waals surface area contributed by atoms with Crippen molar-refractivity contribution in [3.8, 4) is 0 Å². The average Bonchev–Trinajstić information content (AvgIpc) is 2.60. The predicted octanol–water partition coefficient (Wildman–Crippen LogP) is 1.89. The molecule has 0 aromatic rings. The molecule has 0 radical (unpaired) electrons. The quantitative estimate of drug-likeness (QED) is 0.726. The van der Waals surface area contributed by atoms with Gasteiger partial charge in [0.15, 0.2) is 0 Å². The predicted molar refractivity (Wildman–Crippen MR) is 72.9 cm³/mol. The monoisotopic (exact) mass is 327 g/mol. The van der Waals surface area contributed by atoms with Gasteiger partial charge in [0.2, 0.25) is 10.0 Å². The largest absolute Gasteiger partial charge is 0.378 e. The summed E-state index contributed by atoms with van der Waals surface area (Å²) in [4.78, 5) is 0.456. The fourth-order valence-corrected chi connectivity index (χ4v) is 3.62. The molecule has 17 heavy (non-hydrogen) atoms. The van der Waals surface area contributed by atoms with Gasteiger partial charge in [-0.2, -0.15) is 0 Å². The molecule has 1 N–H and O–H groups in total. The van der Waals surface area contributed by atoms with Crippen LogP contribution >= 0.6 is 15.9 Å². The topological polar surface area (TPSA) is 55.4 Å².